The van der Waals surface area contributed by atoms with Crippen molar-refractivity contribution >= 4 is 0 Å². The quantitative estimate of drug-likeness (QED) is 0.629. The molecule has 1 aliphatic rings. The monoisotopic (exact) mass is 238 g/mol. The van der Waals surface area contributed by atoms with E-state index in [1.165, 1.54) is 12.1 Å². The average Bonchev–Trinajstić information content (AvgIpc) is 2.29. The first-order valence-corrected chi connectivity index (χ1v) is 5.89. The number of phenols is 2. The molecule has 94 valence electrons. The fraction of sp³-hybridized carbons (Fsp3) is 0.538. The topological polar surface area (TPSA) is 80.9 Å². The van der Waals surface area contributed by atoms with E-state index in [4.69, 9.17) is 0 Å². The maximum absolute atomic E-state index is 10.1. The lowest BCUT2D eigenvalue weighted by molar-refractivity contribution is -0.0479. The normalized spacial score (nSPS) is 29.2. The second-order valence-electron chi connectivity index (χ2n) is 4.92. The Hall–Kier alpha value is -1.26. The lowest BCUT2D eigenvalue weighted by Gasteiger charge is -2.35. The van der Waals surface area contributed by atoms with E-state index in [1.807, 2.05) is 0 Å². The molecule has 0 aliphatic heterocycles. The van der Waals surface area contributed by atoms with Crippen molar-refractivity contribution in [3.8, 4) is 11.5 Å². The number of aliphatic hydroxyl groups is 2. The van der Waals surface area contributed by atoms with E-state index in [1.54, 1.807) is 6.07 Å². The average molecular weight is 238 g/mol. The minimum absolute atomic E-state index is 0.0273. The minimum atomic E-state index is -1.03. The molecular weight excluding hydrogens is 220 g/mol. The van der Waals surface area contributed by atoms with E-state index in [-0.39, 0.29) is 24.0 Å². The maximum Gasteiger partial charge on any atom is 0.122 e. The van der Waals surface area contributed by atoms with Gasteiger partial charge in [-0.15, -0.1) is 0 Å². The molecule has 2 unspecified atom stereocenters. The first kappa shape index (κ1) is 12.2. The highest BCUT2D eigenvalue weighted by Gasteiger charge is 2.35. The third-order valence-electron chi connectivity index (χ3n) is 3.57. The Labute approximate surface area is 100 Å². The molecule has 2 atom stereocenters. The number of hydrogen-bond acceptors (Lipinski definition) is 4. The van der Waals surface area contributed by atoms with Crippen LogP contribution in [-0.2, 0) is 0 Å². The van der Waals surface area contributed by atoms with Crippen LogP contribution in [0.2, 0.25) is 0 Å². The Kier molecular flexibility index (Phi) is 3.26. The largest absolute Gasteiger partial charge is 0.508 e. The van der Waals surface area contributed by atoms with Gasteiger partial charge in [-0.2, -0.15) is 0 Å². The standard InChI is InChI=1S/C13H18O4/c14-8-13(17)5-1-2-9(7-13)11-4-3-10(15)6-12(11)16/h3-4,6,9,14-17H,1-2,5,7-8H2. The van der Waals surface area contributed by atoms with Gasteiger partial charge < -0.3 is 20.4 Å². The molecule has 1 aliphatic carbocycles. The molecule has 1 saturated carbocycles. The predicted octanol–water partition coefficient (Wildman–Crippen LogP) is 1.48. The van der Waals surface area contributed by atoms with Gasteiger partial charge in [-0.05, 0) is 43.2 Å². The van der Waals surface area contributed by atoms with Crippen LogP contribution in [-0.4, -0.2) is 32.6 Å². The molecule has 0 aromatic heterocycles. The Morgan fingerprint density at radius 2 is 2.06 bits per heavy atom. The van der Waals surface area contributed by atoms with Crippen LogP contribution in [0.3, 0.4) is 0 Å². The molecule has 4 heteroatoms. The van der Waals surface area contributed by atoms with Gasteiger partial charge in [-0.25, -0.2) is 0 Å². The van der Waals surface area contributed by atoms with Crippen molar-refractivity contribution in [3.05, 3.63) is 23.8 Å². The van der Waals surface area contributed by atoms with Crippen molar-refractivity contribution in [2.75, 3.05) is 6.61 Å². The summed E-state index contributed by atoms with van der Waals surface area (Å²) in [6.07, 6.45) is 2.74. The first-order valence-electron chi connectivity index (χ1n) is 5.89. The molecule has 0 saturated heterocycles. The molecule has 4 N–H and O–H groups in total. The zero-order valence-corrected chi connectivity index (χ0v) is 9.63. The molecule has 0 heterocycles. The zero-order chi connectivity index (χ0) is 12.5. The van der Waals surface area contributed by atoms with Gasteiger partial charge in [-0.3, -0.25) is 0 Å². The molecule has 2 rings (SSSR count). The van der Waals surface area contributed by atoms with Crippen LogP contribution in [0.4, 0.5) is 0 Å². The van der Waals surface area contributed by atoms with Crippen molar-refractivity contribution in [2.45, 2.75) is 37.2 Å². The second kappa shape index (κ2) is 4.55. The van der Waals surface area contributed by atoms with Crippen LogP contribution in [0.1, 0.15) is 37.2 Å². The smallest absolute Gasteiger partial charge is 0.122 e. The van der Waals surface area contributed by atoms with Gasteiger partial charge in [0.25, 0.3) is 0 Å². The summed E-state index contributed by atoms with van der Waals surface area (Å²) in [5, 5.41) is 38.3. The van der Waals surface area contributed by atoms with Crippen LogP contribution in [0.15, 0.2) is 18.2 Å². The van der Waals surface area contributed by atoms with E-state index in [9.17, 15) is 20.4 Å². The van der Waals surface area contributed by atoms with Crippen LogP contribution in [0.25, 0.3) is 0 Å². The molecule has 17 heavy (non-hydrogen) atoms. The molecule has 1 fully saturated rings. The number of aliphatic hydroxyl groups excluding tert-OH is 1. The fourth-order valence-electron chi connectivity index (χ4n) is 2.63. The second-order valence-corrected chi connectivity index (χ2v) is 4.92. The Morgan fingerprint density at radius 3 is 2.71 bits per heavy atom. The van der Waals surface area contributed by atoms with E-state index >= 15 is 0 Å². The predicted molar refractivity (Wildman–Crippen MR) is 63.0 cm³/mol. The fourth-order valence-corrected chi connectivity index (χ4v) is 2.63. The highest BCUT2D eigenvalue weighted by Crippen LogP contribution is 2.42. The zero-order valence-electron chi connectivity index (χ0n) is 9.63. The number of rotatable bonds is 2. The van der Waals surface area contributed by atoms with Gasteiger partial charge >= 0.3 is 0 Å². The SMILES string of the molecule is OCC1(O)CCCC(c2ccc(O)cc2O)C1. The minimum Gasteiger partial charge on any atom is -0.508 e. The van der Waals surface area contributed by atoms with E-state index in [2.05, 4.69) is 0 Å². The van der Waals surface area contributed by atoms with Crippen LogP contribution < -0.4 is 0 Å². The number of hydrogen-bond donors (Lipinski definition) is 4. The van der Waals surface area contributed by atoms with Gasteiger partial charge in [0.2, 0.25) is 0 Å². The number of benzene rings is 1. The third kappa shape index (κ3) is 2.53. The van der Waals surface area contributed by atoms with Crippen molar-refractivity contribution in [3.63, 3.8) is 0 Å². The molecule has 1 aromatic carbocycles. The van der Waals surface area contributed by atoms with Crippen LogP contribution >= 0.6 is 0 Å². The summed E-state index contributed by atoms with van der Waals surface area (Å²) in [7, 11) is 0. The molecule has 0 spiro atoms. The number of aromatic hydroxyl groups is 2. The van der Waals surface area contributed by atoms with E-state index < -0.39 is 5.60 Å². The van der Waals surface area contributed by atoms with Crippen molar-refractivity contribution in [1.29, 1.82) is 0 Å². The summed E-state index contributed by atoms with van der Waals surface area (Å²) in [5.41, 5.74) is -0.304. The Morgan fingerprint density at radius 1 is 1.29 bits per heavy atom. The summed E-state index contributed by atoms with van der Waals surface area (Å²) >= 11 is 0. The summed E-state index contributed by atoms with van der Waals surface area (Å²) < 4.78 is 0. The van der Waals surface area contributed by atoms with E-state index in [0.717, 1.165) is 18.4 Å². The maximum atomic E-state index is 10.1. The van der Waals surface area contributed by atoms with Crippen molar-refractivity contribution in [1.82, 2.24) is 0 Å². The van der Waals surface area contributed by atoms with Gasteiger partial charge in [0.05, 0.1) is 12.2 Å². The van der Waals surface area contributed by atoms with Gasteiger partial charge in [0.1, 0.15) is 11.5 Å². The highest BCUT2D eigenvalue weighted by atomic mass is 16.3. The Bertz CT molecular complexity index is 404. The summed E-state index contributed by atoms with van der Waals surface area (Å²) in [4.78, 5) is 0. The lowest BCUT2D eigenvalue weighted by Crippen LogP contribution is -2.38. The summed E-state index contributed by atoms with van der Waals surface area (Å²) in [6, 6.07) is 4.52. The van der Waals surface area contributed by atoms with Gasteiger partial charge in [-0.1, -0.05) is 6.07 Å². The van der Waals surface area contributed by atoms with Gasteiger partial charge in [0, 0.05) is 6.07 Å². The molecule has 0 amide bonds. The molecule has 0 bridgehead atoms. The van der Waals surface area contributed by atoms with Crippen molar-refractivity contribution < 1.29 is 20.4 Å². The van der Waals surface area contributed by atoms with Gasteiger partial charge in [0.15, 0.2) is 0 Å². The molecule has 1 aromatic rings. The third-order valence-corrected chi connectivity index (χ3v) is 3.57. The van der Waals surface area contributed by atoms with Crippen LogP contribution in [0, 0.1) is 0 Å². The molecule has 0 radical (unpaired) electrons. The summed E-state index contributed by atoms with van der Waals surface area (Å²) in [5.74, 6) is 0.109. The first-order chi connectivity index (χ1) is 8.04. The Balaban J connectivity index is 2.22. The molecular formula is C13H18O4. The van der Waals surface area contributed by atoms with Crippen LogP contribution in [0.5, 0.6) is 11.5 Å². The summed E-state index contributed by atoms with van der Waals surface area (Å²) in [6.45, 7) is -0.248. The van der Waals surface area contributed by atoms with E-state index in [0.29, 0.717) is 12.8 Å². The lowest BCUT2D eigenvalue weighted by atomic mass is 9.75. The molecule has 4 nitrogen and oxygen atoms in total. The number of phenolic OH excluding ortho intramolecular Hbond substituents is 2. The van der Waals surface area contributed by atoms with Crippen molar-refractivity contribution in [2.24, 2.45) is 0 Å². The highest BCUT2D eigenvalue weighted by molar-refractivity contribution is 5.41.